The molecular formula is C9H5ClINO3. The van der Waals surface area contributed by atoms with Crippen LogP contribution >= 0.6 is 34.2 Å². The highest BCUT2D eigenvalue weighted by atomic mass is 127. The summed E-state index contributed by atoms with van der Waals surface area (Å²) in [5.74, 6) is -0.528. The number of esters is 1. The molecule has 1 rings (SSSR count). The van der Waals surface area contributed by atoms with Crippen molar-refractivity contribution in [1.29, 1.82) is 0 Å². The first-order valence-corrected chi connectivity index (χ1v) is 5.21. The van der Waals surface area contributed by atoms with Gasteiger partial charge in [-0.15, -0.1) is 0 Å². The van der Waals surface area contributed by atoms with Crippen LogP contribution in [-0.4, -0.2) is 19.2 Å². The van der Waals surface area contributed by atoms with E-state index in [-0.39, 0.29) is 10.6 Å². The molecule has 15 heavy (non-hydrogen) atoms. The van der Waals surface area contributed by atoms with Crippen LogP contribution in [0.1, 0.15) is 10.4 Å². The molecule has 6 heteroatoms. The van der Waals surface area contributed by atoms with Crippen LogP contribution in [-0.2, 0) is 9.53 Å². The van der Waals surface area contributed by atoms with Gasteiger partial charge in [-0.25, -0.2) is 9.59 Å². The van der Waals surface area contributed by atoms with Gasteiger partial charge in [-0.05, 0) is 34.7 Å². The summed E-state index contributed by atoms with van der Waals surface area (Å²) in [5, 5.41) is 0.221. The van der Waals surface area contributed by atoms with E-state index in [4.69, 9.17) is 11.6 Å². The van der Waals surface area contributed by atoms with Crippen molar-refractivity contribution in [3.63, 3.8) is 0 Å². The van der Waals surface area contributed by atoms with Crippen molar-refractivity contribution in [1.82, 2.24) is 0 Å². The predicted molar refractivity (Wildman–Crippen MR) is 63.3 cm³/mol. The second-order valence-corrected chi connectivity index (χ2v) is 3.91. The van der Waals surface area contributed by atoms with Gasteiger partial charge >= 0.3 is 5.97 Å². The first kappa shape index (κ1) is 12.2. The lowest BCUT2D eigenvalue weighted by Gasteiger charge is -2.05. The monoisotopic (exact) mass is 337 g/mol. The van der Waals surface area contributed by atoms with Crippen molar-refractivity contribution in [3.8, 4) is 0 Å². The summed E-state index contributed by atoms with van der Waals surface area (Å²) >= 11 is 7.80. The Hall–Kier alpha value is -0.910. The molecule has 0 unspecified atom stereocenters. The Morgan fingerprint density at radius 3 is 2.80 bits per heavy atom. The molecule has 0 aliphatic heterocycles. The Balaban J connectivity index is 3.33. The minimum Gasteiger partial charge on any atom is -0.465 e. The molecule has 0 saturated heterocycles. The van der Waals surface area contributed by atoms with Crippen molar-refractivity contribution in [2.75, 3.05) is 7.11 Å². The highest BCUT2D eigenvalue weighted by molar-refractivity contribution is 14.1. The molecule has 0 aliphatic carbocycles. The predicted octanol–water partition coefficient (Wildman–Crippen LogP) is 2.70. The van der Waals surface area contributed by atoms with Gasteiger partial charge in [0.05, 0.1) is 27.0 Å². The topological polar surface area (TPSA) is 55.7 Å². The molecule has 0 N–H and O–H groups in total. The Labute approximate surface area is 104 Å². The maximum Gasteiger partial charge on any atom is 0.339 e. The van der Waals surface area contributed by atoms with Crippen molar-refractivity contribution < 1.29 is 14.3 Å². The van der Waals surface area contributed by atoms with E-state index in [1.807, 2.05) is 22.6 Å². The van der Waals surface area contributed by atoms with Crippen LogP contribution in [0.2, 0.25) is 5.02 Å². The summed E-state index contributed by atoms with van der Waals surface area (Å²) in [6.45, 7) is 0. The molecule has 1 aromatic rings. The van der Waals surface area contributed by atoms with Gasteiger partial charge in [-0.1, -0.05) is 11.6 Å². The summed E-state index contributed by atoms with van der Waals surface area (Å²) in [7, 11) is 1.27. The number of aliphatic imine (C=N–C) groups is 1. The Morgan fingerprint density at radius 1 is 1.60 bits per heavy atom. The summed E-state index contributed by atoms with van der Waals surface area (Å²) in [6.07, 6.45) is 1.41. The molecule has 1 aromatic carbocycles. The second-order valence-electron chi connectivity index (χ2n) is 2.45. The zero-order chi connectivity index (χ0) is 11.4. The van der Waals surface area contributed by atoms with Crippen LogP contribution in [0.3, 0.4) is 0 Å². The van der Waals surface area contributed by atoms with Gasteiger partial charge in [-0.3, -0.25) is 0 Å². The van der Waals surface area contributed by atoms with E-state index in [9.17, 15) is 9.59 Å². The number of ether oxygens (including phenoxy) is 1. The van der Waals surface area contributed by atoms with Crippen molar-refractivity contribution in [2.24, 2.45) is 4.99 Å². The van der Waals surface area contributed by atoms with E-state index in [0.29, 0.717) is 9.26 Å². The maximum atomic E-state index is 11.2. The SMILES string of the molecule is COC(=O)c1ccc(N=C=O)c(I)c1Cl. The summed E-state index contributed by atoms with van der Waals surface area (Å²) in [4.78, 5) is 24.8. The van der Waals surface area contributed by atoms with Crippen molar-refractivity contribution >= 4 is 51.9 Å². The first-order chi connectivity index (χ1) is 7.11. The van der Waals surface area contributed by atoms with Crippen LogP contribution in [0.25, 0.3) is 0 Å². The third kappa shape index (κ3) is 2.56. The minimum atomic E-state index is -0.528. The number of halogens is 2. The van der Waals surface area contributed by atoms with Crippen LogP contribution in [0, 0.1) is 3.57 Å². The number of rotatable bonds is 2. The molecule has 4 nitrogen and oxygen atoms in total. The van der Waals surface area contributed by atoms with E-state index in [2.05, 4.69) is 9.73 Å². The number of carbonyl (C=O) groups is 1. The Morgan fingerprint density at radius 2 is 2.27 bits per heavy atom. The van der Waals surface area contributed by atoms with Gasteiger partial charge in [0.2, 0.25) is 6.08 Å². The fourth-order valence-corrected chi connectivity index (χ4v) is 1.77. The molecule has 0 atom stereocenters. The molecule has 0 fully saturated rings. The number of benzene rings is 1. The quantitative estimate of drug-likeness (QED) is 0.361. The number of isocyanates is 1. The van der Waals surface area contributed by atoms with Gasteiger partial charge in [0.15, 0.2) is 0 Å². The Kier molecular flexibility index (Phi) is 4.26. The molecule has 78 valence electrons. The first-order valence-electron chi connectivity index (χ1n) is 3.76. The zero-order valence-electron chi connectivity index (χ0n) is 7.58. The fourth-order valence-electron chi connectivity index (χ4n) is 0.942. The van der Waals surface area contributed by atoms with Gasteiger partial charge in [0, 0.05) is 0 Å². The zero-order valence-corrected chi connectivity index (χ0v) is 10.5. The minimum absolute atomic E-state index is 0.221. The van der Waals surface area contributed by atoms with Gasteiger partial charge in [-0.2, -0.15) is 4.99 Å². The van der Waals surface area contributed by atoms with Crippen LogP contribution in [0.4, 0.5) is 5.69 Å². The number of nitrogens with zero attached hydrogens (tertiary/aromatic N) is 1. The van der Waals surface area contributed by atoms with Gasteiger partial charge < -0.3 is 4.74 Å². The lowest BCUT2D eigenvalue weighted by molar-refractivity contribution is 0.0601. The van der Waals surface area contributed by atoms with E-state index >= 15 is 0 Å². The highest BCUT2D eigenvalue weighted by Gasteiger charge is 2.15. The lowest BCUT2D eigenvalue weighted by Crippen LogP contribution is -2.02. The molecule has 0 heterocycles. The average molecular weight is 338 g/mol. The molecular weight excluding hydrogens is 332 g/mol. The standard InChI is InChI=1S/C9H5ClINO3/c1-15-9(14)5-2-3-6(12-4-13)8(11)7(5)10/h2-3H,1H3. The summed E-state index contributed by atoms with van der Waals surface area (Å²) in [6, 6.07) is 2.96. The highest BCUT2D eigenvalue weighted by Crippen LogP contribution is 2.31. The number of hydrogen-bond donors (Lipinski definition) is 0. The van der Waals surface area contributed by atoms with Crippen LogP contribution < -0.4 is 0 Å². The second kappa shape index (κ2) is 5.25. The van der Waals surface area contributed by atoms with Crippen LogP contribution in [0.15, 0.2) is 17.1 Å². The Bertz CT molecular complexity index is 455. The molecule has 0 radical (unpaired) electrons. The third-order valence-corrected chi connectivity index (χ3v) is 3.44. The average Bonchev–Trinajstić information content (AvgIpc) is 2.24. The molecule has 0 spiro atoms. The molecule has 0 bridgehead atoms. The number of methoxy groups -OCH3 is 1. The van der Waals surface area contributed by atoms with E-state index in [1.165, 1.54) is 25.3 Å². The molecule has 0 aromatic heterocycles. The maximum absolute atomic E-state index is 11.2. The van der Waals surface area contributed by atoms with Gasteiger partial charge in [0.25, 0.3) is 0 Å². The normalized spacial score (nSPS) is 9.27. The lowest BCUT2D eigenvalue weighted by atomic mass is 10.2. The van der Waals surface area contributed by atoms with E-state index in [0.717, 1.165) is 0 Å². The number of carbonyl (C=O) groups excluding carboxylic acids is 2. The fraction of sp³-hybridized carbons (Fsp3) is 0.111. The third-order valence-electron chi connectivity index (χ3n) is 1.63. The van der Waals surface area contributed by atoms with Crippen molar-refractivity contribution in [3.05, 3.63) is 26.3 Å². The smallest absolute Gasteiger partial charge is 0.339 e. The molecule has 0 amide bonds. The van der Waals surface area contributed by atoms with Crippen LogP contribution in [0.5, 0.6) is 0 Å². The largest absolute Gasteiger partial charge is 0.465 e. The molecule has 0 aliphatic rings. The van der Waals surface area contributed by atoms with E-state index in [1.54, 1.807) is 0 Å². The van der Waals surface area contributed by atoms with Crippen molar-refractivity contribution in [2.45, 2.75) is 0 Å². The van der Waals surface area contributed by atoms with Gasteiger partial charge in [0.1, 0.15) is 0 Å². The summed E-state index contributed by atoms with van der Waals surface area (Å²) < 4.78 is 5.05. The van der Waals surface area contributed by atoms with E-state index < -0.39 is 5.97 Å². The summed E-state index contributed by atoms with van der Waals surface area (Å²) in [5.41, 5.74) is 0.622. The number of hydrogen-bond acceptors (Lipinski definition) is 4. The molecule has 0 saturated carbocycles.